The number of imidazole rings is 1. The number of hydrogen-bond donors (Lipinski definition) is 2. The second-order valence-electron chi connectivity index (χ2n) is 1.68. The van der Waals surface area contributed by atoms with Crippen molar-refractivity contribution >= 4 is 12.0 Å². The molecule has 0 aliphatic rings. The van der Waals surface area contributed by atoms with Crippen LogP contribution in [0.5, 0.6) is 0 Å². The minimum atomic E-state index is -1.06. The zero-order chi connectivity index (χ0) is 7.56. The van der Waals surface area contributed by atoms with Gasteiger partial charge in [0, 0.05) is 6.20 Å². The van der Waals surface area contributed by atoms with Crippen LogP contribution in [0, 0.1) is 0 Å². The molecule has 4 nitrogen and oxygen atoms in total. The summed E-state index contributed by atoms with van der Waals surface area (Å²) in [6, 6.07) is 0. The van der Waals surface area contributed by atoms with E-state index in [-0.39, 0.29) is 5.82 Å². The second-order valence-corrected chi connectivity index (χ2v) is 1.68. The van der Waals surface area contributed by atoms with E-state index in [9.17, 15) is 4.79 Å². The van der Waals surface area contributed by atoms with E-state index in [1.165, 1.54) is 12.3 Å². The van der Waals surface area contributed by atoms with Gasteiger partial charge in [-0.1, -0.05) is 6.58 Å². The summed E-state index contributed by atoms with van der Waals surface area (Å²) in [6.45, 7) is 3.43. The molecule has 0 unspecified atom stereocenters. The van der Waals surface area contributed by atoms with Crippen LogP contribution in [0.1, 0.15) is 16.3 Å². The summed E-state index contributed by atoms with van der Waals surface area (Å²) in [6.07, 6.45) is 2.96. The predicted molar refractivity (Wildman–Crippen MR) is 35.6 cm³/mol. The SMILES string of the molecule is C=Cc1c[nH]c(C(=O)O)n1. The molecule has 1 heterocycles. The van der Waals surface area contributed by atoms with Crippen LogP contribution in [0.4, 0.5) is 0 Å². The van der Waals surface area contributed by atoms with Gasteiger partial charge in [-0.25, -0.2) is 9.78 Å². The van der Waals surface area contributed by atoms with Crippen LogP contribution in [0.2, 0.25) is 0 Å². The maximum Gasteiger partial charge on any atom is 0.371 e. The highest BCUT2D eigenvalue weighted by Crippen LogP contribution is 1.96. The average Bonchev–Trinajstić information content (AvgIpc) is 2.34. The second kappa shape index (κ2) is 2.34. The molecule has 4 heteroatoms. The number of carboxylic acid groups (broad SMARTS) is 1. The summed E-state index contributed by atoms with van der Waals surface area (Å²) >= 11 is 0. The lowest BCUT2D eigenvalue weighted by Crippen LogP contribution is -1.97. The molecule has 10 heavy (non-hydrogen) atoms. The summed E-state index contributed by atoms with van der Waals surface area (Å²) < 4.78 is 0. The van der Waals surface area contributed by atoms with Crippen molar-refractivity contribution in [1.82, 2.24) is 9.97 Å². The Hall–Kier alpha value is -1.58. The Labute approximate surface area is 57.2 Å². The highest BCUT2D eigenvalue weighted by molar-refractivity contribution is 5.83. The van der Waals surface area contributed by atoms with Gasteiger partial charge in [-0.15, -0.1) is 0 Å². The number of rotatable bonds is 2. The smallest absolute Gasteiger partial charge is 0.371 e. The molecule has 0 bridgehead atoms. The number of aromatic amines is 1. The van der Waals surface area contributed by atoms with Gasteiger partial charge >= 0.3 is 5.97 Å². The molecule has 0 spiro atoms. The molecule has 1 aromatic heterocycles. The fraction of sp³-hybridized carbons (Fsp3) is 0. The number of carbonyl (C=O) groups is 1. The minimum absolute atomic E-state index is 0.0603. The molecule has 0 fully saturated rings. The van der Waals surface area contributed by atoms with E-state index < -0.39 is 5.97 Å². The Morgan fingerprint density at radius 2 is 2.60 bits per heavy atom. The molecular formula is C6H6N2O2. The Bertz CT molecular complexity index is 264. The maximum atomic E-state index is 10.2. The normalized spacial score (nSPS) is 9.20. The molecule has 2 N–H and O–H groups in total. The van der Waals surface area contributed by atoms with Crippen molar-refractivity contribution in [1.29, 1.82) is 0 Å². The van der Waals surface area contributed by atoms with Gasteiger partial charge in [0.25, 0.3) is 0 Å². The quantitative estimate of drug-likeness (QED) is 0.633. The van der Waals surface area contributed by atoms with Crippen molar-refractivity contribution in [2.45, 2.75) is 0 Å². The lowest BCUT2D eigenvalue weighted by atomic mass is 10.5. The minimum Gasteiger partial charge on any atom is -0.475 e. The molecule has 0 aliphatic carbocycles. The van der Waals surface area contributed by atoms with Gasteiger partial charge in [-0.3, -0.25) is 0 Å². The molecule has 0 aliphatic heterocycles. The van der Waals surface area contributed by atoms with Crippen molar-refractivity contribution < 1.29 is 9.90 Å². The van der Waals surface area contributed by atoms with Gasteiger partial charge in [0.2, 0.25) is 5.82 Å². The number of aromatic carboxylic acids is 1. The zero-order valence-corrected chi connectivity index (χ0v) is 5.16. The number of nitrogens with one attached hydrogen (secondary N) is 1. The number of hydrogen-bond acceptors (Lipinski definition) is 2. The monoisotopic (exact) mass is 138 g/mol. The van der Waals surface area contributed by atoms with Gasteiger partial charge in [-0.05, 0) is 6.08 Å². The van der Waals surface area contributed by atoms with E-state index >= 15 is 0 Å². The summed E-state index contributed by atoms with van der Waals surface area (Å²) in [4.78, 5) is 16.3. The van der Waals surface area contributed by atoms with Gasteiger partial charge in [-0.2, -0.15) is 0 Å². The Morgan fingerprint density at radius 3 is 2.90 bits per heavy atom. The summed E-state index contributed by atoms with van der Waals surface area (Å²) in [5.41, 5.74) is 0.539. The number of carboxylic acids is 1. The number of H-pyrrole nitrogens is 1. The van der Waals surface area contributed by atoms with Crippen molar-refractivity contribution in [2.75, 3.05) is 0 Å². The van der Waals surface area contributed by atoms with E-state index in [0.29, 0.717) is 5.69 Å². The van der Waals surface area contributed by atoms with Crippen LogP contribution in [0.3, 0.4) is 0 Å². The fourth-order valence-corrected chi connectivity index (χ4v) is 0.550. The summed E-state index contributed by atoms with van der Waals surface area (Å²) in [7, 11) is 0. The number of nitrogens with zero attached hydrogens (tertiary/aromatic N) is 1. The first-order valence-corrected chi connectivity index (χ1v) is 2.65. The first-order valence-electron chi connectivity index (χ1n) is 2.65. The van der Waals surface area contributed by atoms with Crippen molar-refractivity contribution in [3.8, 4) is 0 Å². The maximum absolute atomic E-state index is 10.2. The van der Waals surface area contributed by atoms with Crippen molar-refractivity contribution in [2.24, 2.45) is 0 Å². The van der Waals surface area contributed by atoms with Gasteiger partial charge in [0.05, 0.1) is 5.69 Å². The van der Waals surface area contributed by atoms with Crippen molar-refractivity contribution in [3.05, 3.63) is 24.3 Å². The third-order valence-electron chi connectivity index (χ3n) is 1.01. The molecule has 1 rings (SSSR count). The van der Waals surface area contributed by atoms with E-state index in [1.54, 1.807) is 0 Å². The number of aromatic nitrogens is 2. The molecule has 1 aromatic rings. The first-order chi connectivity index (χ1) is 4.74. The molecule has 0 radical (unpaired) electrons. The molecule has 0 aromatic carbocycles. The third kappa shape index (κ3) is 1.05. The van der Waals surface area contributed by atoms with E-state index in [1.807, 2.05) is 0 Å². The fourth-order valence-electron chi connectivity index (χ4n) is 0.550. The van der Waals surface area contributed by atoms with Gasteiger partial charge in [0.15, 0.2) is 0 Å². The predicted octanol–water partition coefficient (Wildman–Crippen LogP) is 0.751. The largest absolute Gasteiger partial charge is 0.475 e. The van der Waals surface area contributed by atoms with Gasteiger partial charge < -0.3 is 10.1 Å². The topological polar surface area (TPSA) is 66.0 Å². The van der Waals surface area contributed by atoms with Crippen LogP contribution in [-0.2, 0) is 0 Å². The van der Waals surface area contributed by atoms with E-state index in [2.05, 4.69) is 16.5 Å². The highest BCUT2D eigenvalue weighted by Gasteiger charge is 2.04. The lowest BCUT2D eigenvalue weighted by Gasteiger charge is -1.80. The highest BCUT2D eigenvalue weighted by atomic mass is 16.4. The molecule has 0 amide bonds. The summed E-state index contributed by atoms with van der Waals surface area (Å²) in [5.74, 6) is -1.12. The summed E-state index contributed by atoms with van der Waals surface area (Å²) in [5, 5.41) is 8.37. The molecule has 0 saturated carbocycles. The molecule has 0 saturated heterocycles. The van der Waals surface area contributed by atoms with E-state index in [4.69, 9.17) is 5.11 Å². The van der Waals surface area contributed by atoms with Crippen LogP contribution in [0.25, 0.3) is 6.08 Å². The zero-order valence-electron chi connectivity index (χ0n) is 5.16. The third-order valence-corrected chi connectivity index (χ3v) is 1.01. The van der Waals surface area contributed by atoms with E-state index in [0.717, 1.165) is 0 Å². The van der Waals surface area contributed by atoms with Crippen LogP contribution < -0.4 is 0 Å². The lowest BCUT2D eigenvalue weighted by molar-refractivity contribution is 0.0684. The standard InChI is InChI=1S/C6H6N2O2/c1-2-4-3-7-5(8-4)6(9)10/h2-3H,1H2,(H,7,8)(H,9,10). The first kappa shape index (κ1) is 6.54. The van der Waals surface area contributed by atoms with Crippen molar-refractivity contribution in [3.63, 3.8) is 0 Å². The Balaban J connectivity index is 2.98. The van der Waals surface area contributed by atoms with Gasteiger partial charge in [0.1, 0.15) is 0 Å². The Morgan fingerprint density at radius 1 is 1.90 bits per heavy atom. The van der Waals surface area contributed by atoms with Crippen LogP contribution >= 0.6 is 0 Å². The molecular weight excluding hydrogens is 132 g/mol. The Kier molecular flexibility index (Phi) is 1.53. The molecule has 0 atom stereocenters. The van der Waals surface area contributed by atoms with Crippen LogP contribution in [-0.4, -0.2) is 21.0 Å². The average molecular weight is 138 g/mol. The van der Waals surface area contributed by atoms with Crippen LogP contribution in [0.15, 0.2) is 12.8 Å². The molecule has 52 valence electrons.